The average molecular weight is 406 g/mol. The van der Waals surface area contributed by atoms with Crippen molar-refractivity contribution in [3.8, 4) is 0 Å². The number of hydrogen-bond donors (Lipinski definition) is 0. The molecule has 1 fully saturated rings. The molecule has 3 rings (SSSR count). The standard InChI is InChI=1S/C21H31N3O3S/c1-19(2,3)27-18(25)24-12-9-21(10-13-24)14-15-8-7-11-22-16(15)17(21)23-28(26)20(4,5)6/h7-8,11H,9-10,12-14H2,1-6H3/t28-/m1/s1. The molecule has 2 aliphatic rings. The van der Waals surface area contributed by atoms with Gasteiger partial charge in [0.1, 0.15) is 16.6 Å². The third-order valence-corrected chi connectivity index (χ3v) is 6.61. The highest BCUT2D eigenvalue weighted by Crippen LogP contribution is 2.45. The Hall–Kier alpha value is -1.76. The SMILES string of the molecule is CC(C)(C)OC(=O)N1CCC2(CC1)Cc1cccnc1C2=N[S@](=O)C(C)(C)C. The first-order valence-electron chi connectivity index (χ1n) is 9.85. The third-order valence-electron chi connectivity index (χ3n) is 5.22. The summed E-state index contributed by atoms with van der Waals surface area (Å²) in [5, 5.41) is 0. The van der Waals surface area contributed by atoms with Crippen molar-refractivity contribution < 1.29 is 13.7 Å². The van der Waals surface area contributed by atoms with Crippen molar-refractivity contribution in [3.63, 3.8) is 0 Å². The minimum absolute atomic E-state index is 0.212. The molecule has 0 unspecified atom stereocenters. The summed E-state index contributed by atoms with van der Waals surface area (Å²) < 4.78 is 22.6. The zero-order valence-electron chi connectivity index (χ0n) is 17.7. The van der Waals surface area contributed by atoms with Crippen LogP contribution in [-0.2, 0) is 22.1 Å². The second-order valence-corrected chi connectivity index (χ2v) is 11.6. The van der Waals surface area contributed by atoms with Gasteiger partial charge in [0.15, 0.2) is 0 Å². The molecule has 1 aromatic rings. The van der Waals surface area contributed by atoms with E-state index in [-0.39, 0.29) is 11.5 Å². The molecule has 1 amide bonds. The molecule has 1 spiro atoms. The van der Waals surface area contributed by atoms with Crippen molar-refractivity contribution in [1.82, 2.24) is 9.88 Å². The second-order valence-electron chi connectivity index (χ2n) is 9.74. The Morgan fingerprint density at radius 1 is 1.21 bits per heavy atom. The van der Waals surface area contributed by atoms with Crippen LogP contribution in [-0.4, -0.2) is 49.3 Å². The number of carbonyl (C=O) groups is 1. The summed E-state index contributed by atoms with van der Waals surface area (Å²) in [6.07, 6.45) is 3.86. The highest BCUT2D eigenvalue weighted by Gasteiger charge is 2.47. The van der Waals surface area contributed by atoms with Crippen LogP contribution in [0.3, 0.4) is 0 Å². The van der Waals surface area contributed by atoms with E-state index in [0.29, 0.717) is 13.1 Å². The summed E-state index contributed by atoms with van der Waals surface area (Å²) in [5.41, 5.74) is 2.15. The molecule has 154 valence electrons. The van der Waals surface area contributed by atoms with Gasteiger partial charge in [0.25, 0.3) is 0 Å². The number of rotatable bonds is 1. The molecule has 0 saturated carbocycles. The largest absolute Gasteiger partial charge is 0.444 e. The molecule has 0 bridgehead atoms. The molecule has 0 radical (unpaired) electrons. The van der Waals surface area contributed by atoms with Gasteiger partial charge in [-0.15, -0.1) is 0 Å². The van der Waals surface area contributed by atoms with Crippen LogP contribution in [0.2, 0.25) is 0 Å². The molecule has 2 heterocycles. The number of pyridine rings is 1. The fraction of sp³-hybridized carbons (Fsp3) is 0.667. The predicted octanol–water partition coefficient (Wildman–Crippen LogP) is 3.91. The van der Waals surface area contributed by atoms with Crippen LogP contribution in [0.1, 0.15) is 65.6 Å². The van der Waals surface area contributed by atoms with Crippen LogP contribution < -0.4 is 0 Å². The Morgan fingerprint density at radius 2 is 1.86 bits per heavy atom. The van der Waals surface area contributed by atoms with Gasteiger partial charge in [0, 0.05) is 24.7 Å². The molecule has 1 saturated heterocycles. The Labute approximate surface area is 170 Å². The maximum Gasteiger partial charge on any atom is 0.410 e. The van der Waals surface area contributed by atoms with Crippen molar-refractivity contribution in [1.29, 1.82) is 0 Å². The lowest BCUT2D eigenvalue weighted by Gasteiger charge is -2.39. The van der Waals surface area contributed by atoms with Crippen molar-refractivity contribution in [2.24, 2.45) is 9.81 Å². The number of hydrogen-bond acceptors (Lipinski definition) is 4. The highest BCUT2D eigenvalue weighted by molar-refractivity contribution is 7.85. The number of aromatic nitrogens is 1. The molecule has 0 aromatic carbocycles. The van der Waals surface area contributed by atoms with Crippen molar-refractivity contribution in [2.45, 2.75) is 71.2 Å². The molecule has 28 heavy (non-hydrogen) atoms. The minimum Gasteiger partial charge on any atom is -0.444 e. The summed E-state index contributed by atoms with van der Waals surface area (Å²) in [7, 11) is -1.35. The molecule has 7 heteroatoms. The summed E-state index contributed by atoms with van der Waals surface area (Å²) in [6, 6.07) is 4.01. The Balaban J connectivity index is 1.86. The number of amides is 1. The minimum atomic E-state index is -1.35. The van der Waals surface area contributed by atoms with E-state index in [1.807, 2.05) is 47.6 Å². The Morgan fingerprint density at radius 3 is 2.43 bits per heavy atom. The lowest BCUT2D eigenvalue weighted by molar-refractivity contribution is 0.0159. The first kappa shape index (κ1) is 21.0. The monoisotopic (exact) mass is 405 g/mol. The number of carbonyl (C=O) groups excluding carboxylic acids is 1. The number of likely N-dealkylation sites (tertiary alicyclic amines) is 1. The maximum absolute atomic E-state index is 12.8. The van der Waals surface area contributed by atoms with Crippen LogP contribution in [0.4, 0.5) is 4.79 Å². The Kier molecular flexibility index (Phi) is 5.42. The van der Waals surface area contributed by atoms with Gasteiger partial charge in [0.2, 0.25) is 0 Å². The molecule has 0 N–H and O–H groups in total. The average Bonchev–Trinajstić information content (AvgIpc) is 2.86. The second kappa shape index (κ2) is 7.25. The van der Waals surface area contributed by atoms with Crippen molar-refractivity contribution in [2.75, 3.05) is 13.1 Å². The normalized spacial score (nSPS) is 21.6. The summed E-state index contributed by atoms with van der Waals surface area (Å²) >= 11 is 0. The summed E-state index contributed by atoms with van der Waals surface area (Å²) in [5.74, 6) is 0. The van der Waals surface area contributed by atoms with Crippen LogP contribution in [0, 0.1) is 5.41 Å². The number of nitrogens with zero attached hydrogens (tertiary/aromatic N) is 3. The van der Waals surface area contributed by atoms with E-state index in [9.17, 15) is 9.00 Å². The topological polar surface area (TPSA) is 71.9 Å². The van der Waals surface area contributed by atoms with Crippen LogP contribution in [0.15, 0.2) is 22.7 Å². The molecular formula is C21H31N3O3S. The van der Waals surface area contributed by atoms with Gasteiger partial charge >= 0.3 is 6.09 Å². The highest BCUT2D eigenvalue weighted by atomic mass is 32.2. The van der Waals surface area contributed by atoms with E-state index >= 15 is 0 Å². The van der Waals surface area contributed by atoms with Gasteiger partial charge in [-0.3, -0.25) is 4.98 Å². The van der Waals surface area contributed by atoms with Crippen LogP contribution in [0.5, 0.6) is 0 Å². The fourth-order valence-electron chi connectivity index (χ4n) is 3.71. The number of piperidine rings is 1. The van der Waals surface area contributed by atoms with E-state index in [1.54, 1.807) is 11.1 Å². The van der Waals surface area contributed by atoms with Gasteiger partial charge in [-0.25, -0.2) is 9.00 Å². The van der Waals surface area contributed by atoms with E-state index in [4.69, 9.17) is 4.74 Å². The maximum atomic E-state index is 12.8. The van der Waals surface area contributed by atoms with E-state index in [0.717, 1.165) is 36.2 Å². The predicted molar refractivity (Wildman–Crippen MR) is 112 cm³/mol. The molecular weight excluding hydrogens is 374 g/mol. The quantitative estimate of drug-likeness (QED) is 0.710. The number of ether oxygens (including phenoxy) is 1. The summed E-state index contributed by atoms with van der Waals surface area (Å²) in [6.45, 7) is 12.6. The lowest BCUT2D eigenvalue weighted by atomic mass is 9.75. The van der Waals surface area contributed by atoms with E-state index in [2.05, 4.69) is 15.4 Å². The first-order chi connectivity index (χ1) is 12.9. The van der Waals surface area contributed by atoms with E-state index in [1.165, 1.54) is 0 Å². The zero-order valence-corrected chi connectivity index (χ0v) is 18.6. The van der Waals surface area contributed by atoms with Gasteiger partial charge in [-0.1, -0.05) is 6.07 Å². The third kappa shape index (κ3) is 4.29. The van der Waals surface area contributed by atoms with Gasteiger partial charge < -0.3 is 9.64 Å². The Bertz CT molecular complexity index is 813. The fourth-order valence-corrected chi connectivity index (χ4v) is 4.43. The van der Waals surface area contributed by atoms with Gasteiger partial charge in [0.05, 0.1) is 16.2 Å². The zero-order chi connectivity index (χ0) is 20.7. The summed E-state index contributed by atoms with van der Waals surface area (Å²) in [4.78, 5) is 18.8. The molecule has 1 atom stereocenters. The van der Waals surface area contributed by atoms with Crippen molar-refractivity contribution in [3.05, 3.63) is 29.6 Å². The van der Waals surface area contributed by atoms with Crippen LogP contribution in [0.25, 0.3) is 0 Å². The lowest BCUT2D eigenvalue weighted by Crippen LogP contribution is -2.47. The molecule has 6 nitrogen and oxygen atoms in total. The first-order valence-corrected chi connectivity index (χ1v) is 11.0. The smallest absolute Gasteiger partial charge is 0.410 e. The number of fused-ring (bicyclic) bond motifs is 1. The van der Waals surface area contributed by atoms with E-state index < -0.39 is 21.3 Å². The van der Waals surface area contributed by atoms with Crippen LogP contribution >= 0.6 is 0 Å². The van der Waals surface area contributed by atoms with Gasteiger partial charge in [-0.05, 0) is 72.4 Å². The molecule has 1 aliphatic heterocycles. The molecule has 1 aromatic heterocycles. The van der Waals surface area contributed by atoms with Gasteiger partial charge in [-0.2, -0.15) is 4.40 Å². The van der Waals surface area contributed by atoms with Crippen molar-refractivity contribution >= 4 is 22.8 Å². The molecule has 1 aliphatic carbocycles.